The Morgan fingerprint density at radius 2 is 1.78 bits per heavy atom. The van der Waals surface area contributed by atoms with E-state index in [1.54, 1.807) is 0 Å². The number of hydrogen-bond acceptors (Lipinski definition) is 2. The fourth-order valence-electron chi connectivity index (χ4n) is 3.60. The van der Waals surface area contributed by atoms with E-state index in [1.165, 1.54) is 11.6 Å². The molecule has 0 saturated heterocycles. The van der Waals surface area contributed by atoms with Crippen LogP contribution in [0.5, 0.6) is 0 Å². The van der Waals surface area contributed by atoms with Crippen molar-refractivity contribution in [3.8, 4) is 0 Å². The zero-order valence-electron chi connectivity index (χ0n) is 16.3. The summed E-state index contributed by atoms with van der Waals surface area (Å²) in [6.45, 7) is 4.50. The second kappa shape index (κ2) is 8.86. The van der Waals surface area contributed by atoms with E-state index in [0.29, 0.717) is 21.0 Å². The number of rotatable bonds is 6. The van der Waals surface area contributed by atoms with Crippen molar-refractivity contribution in [2.45, 2.75) is 44.1 Å². The van der Waals surface area contributed by atoms with Crippen LogP contribution < -0.4 is 4.46 Å². The van der Waals surface area contributed by atoms with E-state index in [-0.39, 0.29) is 17.4 Å². The molecule has 0 aromatic heterocycles. The molecule has 2 aromatic carbocycles. The fourth-order valence-corrected chi connectivity index (χ4v) is 5.85. The molecular weight excluding hydrogens is 401 g/mol. The summed E-state index contributed by atoms with van der Waals surface area (Å²) < 4.78 is 8.90. The molecule has 27 heavy (non-hydrogen) atoms. The molecule has 3 nitrogen and oxygen atoms in total. The van der Waals surface area contributed by atoms with E-state index >= 15 is 0 Å². The van der Waals surface area contributed by atoms with Gasteiger partial charge in [-0.1, -0.05) is 0 Å². The SMILES string of the molecule is COC(=O)[C@@H](c1ccccc1)[N+]1=CC(C)(C)CCC1C[Se]c1ccccc1. The molecule has 0 N–H and O–H groups in total. The molecule has 0 spiro atoms. The van der Waals surface area contributed by atoms with Crippen LogP contribution >= 0.6 is 0 Å². The van der Waals surface area contributed by atoms with Crippen LogP contribution in [-0.2, 0) is 9.53 Å². The Bertz CT molecular complexity index is 787. The molecule has 0 aliphatic carbocycles. The van der Waals surface area contributed by atoms with Gasteiger partial charge < -0.3 is 0 Å². The number of hydrogen-bond donors (Lipinski definition) is 0. The van der Waals surface area contributed by atoms with Crippen LogP contribution in [0.2, 0.25) is 5.32 Å². The van der Waals surface area contributed by atoms with Crippen molar-refractivity contribution in [3.05, 3.63) is 66.2 Å². The van der Waals surface area contributed by atoms with Crippen LogP contribution in [0.4, 0.5) is 0 Å². The second-order valence-corrected chi connectivity index (χ2v) is 10.0. The molecule has 1 aliphatic rings. The minimum absolute atomic E-state index is 0.0807. The van der Waals surface area contributed by atoms with Gasteiger partial charge in [-0.05, 0) is 0 Å². The number of methoxy groups -OCH3 is 1. The normalized spacial score (nSPS) is 19.8. The Balaban J connectivity index is 1.92. The molecule has 1 unspecified atom stereocenters. The fraction of sp³-hybridized carbons (Fsp3) is 0.391. The summed E-state index contributed by atoms with van der Waals surface area (Å²) in [5.74, 6) is -0.188. The predicted molar refractivity (Wildman–Crippen MR) is 111 cm³/mol. The van der Waals surface area contributed by atoms with Crippen LogP contribution in [-0.4, -0.2) is 44.9 Å². The van der Waals surface area contributed by atoms with Crippen molar-refractivity contribution < 1.29 is 14.1 Å². The molecule has 1 heterocycles. The molecule has 0 saturated carbocycles. The molecule has 3 rings (SSSR count). The Morgan fingerprint density at radius 3 is 2.41 bits per heavy atom. The quantitative estimate of drug-likeness (QED) is 0.399. The van der Waals surface area contributed by atoms with Gasteiger partial charge in [0.1, 0.15) is 0 Å². The van der Waals surface area contributed by atoms with Gasteiger partial charge in [0.15, 0.2) is 0 Å². The maximum atomic E-state index is 12.8. The predicted octanol–water partition coefficient (Wildman–Crippen LogP) is 3.62. The van der Waals surface area contributed by atoms with Crippen LogP contribution in [0.1, 0.15) is 38.3 Å². The summed E-state index contributed by atoms with van der Waals surface area (Å²) >= 11 is 0.386. The van der Waals surface area contributed by atoms with Gasteiger partial charge in [0.2, 0.25) is 0 Å². The standard InChI is InChI=1S/C23H28NO2Se/c1-23(2)15-14-19(16-27-20-12-8-5-9-13-20)24(17-23)21(22(25)26-3)18-10-6-4-7-11-18/h4-13,17,19,21H,14-16H2,1-3H3/q+1/t19?,21-/m1/s1. The first-order chi connectivity index (χ1) is 13.0. The third-order valence-corrected chi connectivity index (χ3v) is 7.49. The molecular formula is C23H28NO2Se+. The van der Waals surface area contributed by atoms with Crippen molar-refractivity contribution in [1.29, 1.82) is 0 Å². The summed E-state index contributed by atoms with van der Waals surface area (Å²) in [4.78, 5) is 12.8. The molecule has 0 bridgehead atoms. The maximum absolute atomic E-state index is 12.8. The number of carbonyl (C=O) groups excluding carboxylic acids is 1. The molecule has 4 heteroatoms. The van der Waals surface area contributed by atoms with Gasteiger partial charge >= 0.3 is 169 Å². The first-order valence-electron chi connectivity index (χ1n) is 9.44. The number of carbonyl (C=O) groups is 1. The Morgan fingerprint density at radius 1 is 1.15 bits per heavy atom. The van der Waals surface area contributed by atoms with E-state index < -0.39 is 0 Å². The minimum atomic E-state index is -0.382. The number of ether oxygens (including phenoxy) is 1. The average molecular weight is 429 g/mol. The number of benzene rings is 2. The summed E-state index contributed by atoms with van der Waals surface area (Å²) in [6.07, 6.45) is 4.51. The number of esters is 1. The zero-order valence-corrected chi connectivity index (χ0v) is 18.0. The topological polar surface area (TPSA) is 29.3 Å². The van der Waals surface area contributed by atoms with Crippen LogP contribution in [0.15, 0.2) is 60.7 Å². The third-order valence-electron chi connectivity index (χ3n) is 5.07. The monoisotopic (exact) mass is 430 g/mol. The van der Waals surface area contributed by atoms with Crippen molar-refractivity contribution in [2.24, 2.45) is 5.41 Å². The summed E-state index contributed by atoms with van der Waals surface area (Å²) in [7, 11) is 1.48. The molecule has 0 amide bonds. The van der Waals surface area contributed by atoms with E-state index in [1.807, 2.05) is 30.3 Å². The van der Waals surface area contributed by atoms with Crippen molar-refractivity contribution in [2.75, 3.05) is 7.11 Å². The molecule has 1 aliphatic heterocycles. The summed E-state index contributed by atoms with van der Waals surface area (Å²) in [5, 5.41) is 1.09. The molecule has 2 aromatic rings. The van der Waals surface area contributed by atoms with Crippen LogP contribution in [0.3, 0.4) is 0 Å². The molecule has 2 atom stereocenters. The molecule has 142 valence electrons. The van der Waals surface area contributed by atoms with E-state index in [0.717, 1.165) is 23.7 Å². The third kappa shape index (κ3) is 5.09. The second-order valence-electron chi connectivity index (χ2n) is 7.72. The average Bonchev–Trinajstić information content (AvgIpc) is 2.68. The molecule has 0 fully saturated rings. The molecule has 0 radical (unpaired) electrons. The summed E-state index contributed by atoms with van der Waals surface area (Å²) in [6, 6.07) is 20.7. The van der Waals surface area contributed by atoms with Gasteiger partial charge in [-0.2, -0.15) is 0 Å². The van der Waals surface area contributed by atoms with Crippen LogP contribution in [0, 0.1) is 5.41 Å². The first-order valence-corrected chi connectivity index (χ1v) is 11.5. The van der Waals surface area contributed by atoms with Crippen molar-refractivity contribution in [3.63, 3.8) is 0 Å². The van der Waals surface area contributed by atoms with Gasteiger partial charge in [-0.25, -0.2) is 0 Å². The van der Waals surface area contributed by atoms with Gasteiger partial charge in [0.25, 0.3) is 0 Å². The Hall–Kier alpha value is -1.90. The Labute approximate surface area is 168 Å². The van der Waals surface area contributed by atoms with Crippen molar-refractivity contribution in [1.82, 2.24) is 0 Å². The van der Waals surface area contributed by atoms with E-state index in [9.17, 15) is 4.79 Å². The Kier molecular flexibility index (Phi) is 6.51. The zero-order chi connectivity index (χ0) is 19.3. The van der Waals surface area contributed by atoms with Gasteiger partial charge in [0.05, 0.1) is 0 Å². The van der Waals surface area contributed by atoms with Crippen LogP contribution in [0.25, 0.3) is 0 Å². The van der Waals surface area contributed by atoms with Gasteiger partial charge in [0, 0.05) is 0 Å². The van der Waals surface area contributed by atoms with Crippen molar-refractivity contribution >= 4 is 31.6 Å². The van der Waals surface area contributed by atoms with Gasteiger partial charge in [-0.15, -0.1) is 0 Å². The van der Waals surface area contributed by atoms with Gasteiger partial charge in [-0.3, -0.25) is 0 Å². The van der Waals surface area contributed by atoms with E-state index in [4.69, 9.17) is 4.74 Å². The van der Waals surface area contributed by atoms with E-state index in [2.05, 4.69) is 55.0 Å². The summed E-state index contributed by atoms with van der Waals surface area (Å²) in [5.41, 5.74) is 1.08. The first kappa shape index (κ1) is 19.8. The number of nitrogens with zero attached hydrogens (tertiary/aromatic N) is 1.